The second-order valence-electron chi connectivity index (χ2n) is 3.68. The van der Waals surface area contributed by atoms with E-state index in [1.807, 2.05) is 0 Å². The number of hydrogen-bond donors (Lipinski definition) is 0. The molecule has 2 nitrogen and oxygen atoms in total. The Morgan fingerprint density at radius 3 is 1.47 bits per heavy atom. The van der Waals surface area contributed by atoms with Gasteiger partial charge in [-0.1, -0.05) is 46.0 Å². The number of carbonyl (C=O) groups excluding carboxylic acids is 2. The Labute approximate surface area is 94.4 Å². The van der Waals surface area contributed by atoms with Gasteiger partial charge in [0.2, 0.25) is 0 Å². The van der Waals surface area contributed by atoms with Crippen LogP contribution < -0.4 is 0 Å². The van der Waals surface area contributed by atoms with Crippen molar-refractivity contribution >= 4 is 12.6 Å². The van der Waals surface area contributed by atoms with Crippen molar-refractivity contribution in [3.63, 3.8) is 0 Å². The molecule has 0 amide bonds. The molecular formula is C13H26O2. The summed E-state index contributed by atoms with van der Waals surface area (Å²) in [5.74, 6) is 0. The van der Waals surface area contributed by atoms with Gasteiger partial charge in [-0.2, -0.15) is 0 Å². The summed E-state index contributed by atoms with van der Waals surface area (Å²) in [6.07, 6.45) is 11.8. The van der Waals surface area contributed by atoms with Gasteiger partial charge in [0.1, 0.15) is 12.6 Å². The Hall–Kier alpha value is -0.660. The molecule has 0 N–H and O–H groups in total. The third kappa shape index (κ3) is 24.7. The summed E-state index contributed by atoms with van der Waals surface area (Å²) < 4.78 is 0. The second kappa shape index (κ2) is 19.0. The Balaban J connectivity index is 0. The molecule has 0 atom stereocenters. The first-order valence-corrected chi connectivity index (χ1v) is 6.20. The lowest BCUT2D eigenvalue weighted by molar-refractivity contribution is -0.108. The molecule has 90 valence electrons. The molecule has 0 saturated carbocycles. The predicted molar refractivity (Wildman–Crippen MR) is 65.0 cm³/mol. The van der Waals surface area contributed by atoms with Crippen molar-refractivity contribution in [1.29, 1.82) is 0 Å². The minimum absolute atomic E-state index is 0.744. The SMILES string of the molecule is CCCCCC=O.CCCCCCC=O. The maximum atomic E-state index is 9.77. The van der Waals surface area contributed by atoms with Gasteiger partial charge in [-0.05, 0) is 12.8 Å². The van der Waals surface area contributed by atoms with Gasteiger partial charge in [-0.3, -0.25) is 0 Å². The van der Waals surface area contributed by atoms with Crippen LogP contribution in [0.5, 0.6) is 0 Å². The number of rotatable bonds is 9. The summed E-state index contributed by atoms with van der Waals surface area (Å²) in [5, 5.41) is 0. The van der Waals surface area contributed by atoms with Crippen LogP contribution in [0.2, 0.25) is 0 Å². The van der Waals surface area contributed by atoms with Gasteiger partial charge in [-0.15, -0.1) is 0 Å². The second-order valence-corrected chi connectivity index (χ2v) is 3.68. The highest BCUT2D eigenvalue weighted by Crippen LogP contribution is 1.99. The highest BCUT2D eigenvalue weighted by molar-refractivity contribution is 5.49. The zero-order valence-corrected chi connectivity index (χ0v) is 10.3. The van der Waals surface area contributed by atoms with Gasteiger partial charge >= 0.3 is 0 Å². The van der Waals surface area contributed by atoms with Crippen molar-refractivity contribution in [1.82, 2.24) is 0 Å². The van der Waals surface area contributed by atoms with Crippen LogP contribution in [0.25, 0.3) is 0 Å². The first-order chi connectivity index (χ1) is 7.33. The fourth-order valence-corrected chi connectivity index (χ4v) is 1.13. The molecule has 0 saturated heterocycles. The number of unbranched alkanes of at least 4 members (excludes halogenated alkanes) is 7. The van der Waals surface area contributed by atoms with Crippen molar-refractivity contribution in [3.05, 3.63) is 0 Å². The predicted octanol–water partition coefficient (Wildman–Crippen LogP) is 3.92. The van der Waals surface area contributed by atoms with E-state index in [1.165, 1.54) is 32.1 Å². The number of hydrogen-bond acceptors (Lipinski definition) is 2. The average molecular weight is 214 g/mol. The minimum Gasteiger partial charge on any atom is -0.303 e. The van der Waals surface area contributed by atoms with E-state index in [-0.39, 0.29) is 0 Å². The smallest absolute Gasteiger partial charge is 0.119 e. The van der Waals surface area contributed by atoms with Crippen molar-refractivity contribution in [2.75, 3.05) is 0 Å². The standard InChI is InChI=1S/C7H14O.C6H12O/c1-2-3-4-5-6-7-8;1-2-3-4-5-6-7/h7H,2-6H2,1H3;6H,2-5H2,1H3. The summed E-state index contributed by atoms with van der Waals surface area (Å²) in [5.41, 5.74) is 0. The lowest BCUT2D eigenvalue weighted by atomic mass is 10.2. The van der Waals surface area contributed by atoms with Crippen molar-refractivity contribution in [2.24, 2.45) is 0 Å². The highest BCUT2D eigenvalue weighted by atomic mass is 16.1. The van der Waals surface area contributed by atoms with Crippen LogP contribution in [0, 0.1) is 0 Å². The summed E-state index contributed by atoms with van der Waals surface area (Å²) in [4.78, 5) is 19.4. The van der Waals surface area contributed by atoms with Gasteiger partial charge in [0.05, 0.1) is 0 Å². The van der Waals surface area contributed by atoms with Crippen LogP contribution in [0.15, 0.2) is 0 Å². The van der Waals surface area contributed by atoms with Gasteiger partial charge in [0, 0.05) is 12.8 Å². The van der Waals surface area contributed by atoms with Crippen molar-refractivity contribution < 1.29 is 9.59 Å². The topological polar surface area (TPSA) is 34.1 Å². The largest absolute Gasteiger partial charge is 0.303 e. The molecule has 0 bridgehead atoms. The third-order valence-corrected chi connectivity index (χ3v) is 2.10. The molecule has 2 heteroatoms. The van der Waals surface area contributed by atoms with Gasteiger partial charge in [0.15, 0.2) is 0 Å². The van der Waals surface area contributed by atoms with Crippen LogP contribution in [0.4, 0.5) is 0 Å². The molecule has 0 heterocycles. The summed E-state index contributed by atoms with van der Waals surface area (Å²) in [7, 11) is 0. The average Bonchev–Trinajstić information content (AvgIpc) is 2.26. The molecular weight excluding hydrogens is 188 g/mol. The lowest BCUT2D eigenvalue weighted by Gasteiger charge is -1.90. The zero-order valence-electron chi connectivity index (χ0n) is 10.3. The number of carbonyl (C=O) groups is 2. The molecule has 0 aliphatic rings. The minimum atomic E-state index is 0.744. The van der Waals surface area contributed by atoms with E-state index in [4.69, 9.17) is 0 Å². The summed E-state index contributed by atoms with van der Waals surface area (Å²) in [6.45, 7) is 4.30. The van der Waals surface area contributed by atoms with Gasteiger partial charge in [-0.25, -0.2) is 0 Å². The highest BCUT2D eigenvalue weighted by Gasteiger charge is 1.83. The quantitative estimate of drug-likeness (QED) is 0.430. The Bertz CT molecular complexity index is 122. The number of aldehydes is 2. The van der Waals surface area contributed by atoms with Gasteiger partial charge in [0.25, 0.3) is 0 Å². The Kier molecular flexibility index (Phi) is 21.2. The third-order valence-electron chi connectivity index (χ3n) is 2.10. The molecule has 0 aromatic heterocycles. The Morgan fingerprint density at radius 1 is 0.667 bits per heavy atom. The Morgan fingerprint density at radius 2 is 1.07 bits per heavy atom. The molecule has 0 unspecified atom stereocenters. The zero-order chi connectivity index (χ0) is 11.8. The van der Waals surface area contributed by atoms with E-state index in [2.05, 4.69) is 13.8 Å². The molecule has 0 radical (unpaired) electrons. The summed E-state index contributed by atoms with van der Waals surface area (Å²) in [6, 6.07) is 0. The van der Waals surface area contributed by atoms with E-state index < -0.39 is 0 Å². The summed E-state index contributed by atoms with van der Waals surface area (Å²) >= 11 is 0. The molecule has 0 rings (SSSR count). The molecule has 0 aliphatic heterocycles. The van der Waals surface area contributed by atoms with Crippen molar-refractivity contribution in [2.45, 2.75) is 71.6 Å². The van der Waals surface area contributed by atoms with Crippen LogP contribution >= 0.6 is 0 Å². The van der Waals surface area contributed by atoms with Gasteiger partial charge < -0.3 is 9.59 Å². The molecule has 0 aromatic rings. The van der Waals surface area contributed by atoms with E-state index in [0.717, 1.165) is 38.3 Å². The fraction of sp³-hybridized carbons (Fsp3) is 0.846. The molecule has 0 spiro atoms. The van der Waals surface area contributed by atoms with E-state index in [1.54, 1.807) is 0 Å². The maximum Gasteiger partial charge on any atom is 0.119 e. The first-order valence-electron chi connectivity index (χ1n) is 6.20. The fourth-order valence-electron chi connectivity index (χ4n) is 1.13. The monoisotopic (exact) mass is 214 g/mol. The van der Waals surface area contributed by atoms with E-state index in [9.17, 15) is 9.59 Å². The normalized spacial score (nSPS) is 8.93. The van der Waals surface area contributed by atoms with Crippen LogP contribution in [-0.2, 0) is 9.59 Å². The molecule has 15 heavy (non-hydrogen) atoms. The van der Waals surface area contributed by atoms with Crippen LogP contribution in [0.1, 0.15) is 71.6 Å². The van der Waals surface area contributed by atoms with Crippen LogP contribution in [-0.4, -0.2) is 12.6 Å². The molecule has 0 aliphatic carbocycles. The molecule has 0 aromatic carbocycles. The van der Waals surface area contributed by atoms with E-state index in [0.29, 0.717) is 0 Å². The van der Waals surface area contributed by atoms with Crippen LogP contribution in [0.3, 0.4) is 0 Å². The van der Waals surface area contributed by atoms with E-state index >= 15 is 0 Å². The van der Waals surface area contributed by atoms with Crippen molar-refractivity contribution in [3.8, 4) is 0 Å². The lowest BCUT2D eigenvalue weighted by Crippen LogP contribution is -1.76. The molecule has 0 fully saturated rings. The maximum absolute atomic E-state index is 9.77. The first kappa shape index (κ1) is 16.8.